The molecule has 0 spiro atoms. The monoisotopic (exact) mass is 484 g/mol. The van der Waals surface area contributed by atoms with Crippen molar-refractivity contribution in [2.24, 2.45) is 0 Å². The fraction of sp³-hybridized carbons (Fsp3) is 1.00. The molecule has 1 fully saturated rings. The van der Waals surface area contributed by atoms with Crippen molar-refractivity contribution in [2.75, 3.05) is 13.2 Å². The maximum absolute atomic E-state index is 11.1. The zero-order valence-electron chi connectivity index (χ0n) is 19.5. The fourth-order valence-electron chi connectivity index (χ4n) is 3.99. The van der Waals surface area contributed by atoms with Crippen LogP contribution in [0.2, 0.25) is 0 Å². The fourth-order valence-corrected chi connectivity index (χ4v) is 4.43. The van der Waals surface area contributed by atoms with E-state index in [1.807, 2.05) is 0 Å². The summed E-state index contributed by atoms with van der Waals surface area (Å²) in [5.41, 5.74) is 0. The molecule has 5 atom stereocenters. The van der Waals surface area contributed by atoms with Crippen LogP contribution in [0.4, 0.5) is 0 Å². The molecule has 5 N–H and O–H groups in total. The Kier molecular flexibility index (Phi) is 16.2. The highest BCUT2D eigenvalue weighted by Gasteiger charge is 2.47. The molecule has 1 aliphatic heterocycles. The van der Waals surface area contributed by atoms with Crippen molar-refractivity contribution in [1.29, 1.82) is 0 Å². The SMILES string of the molecule is CCCCCCCCCCCCCCCCO[C@@H]1[C@@H](O)[C@@H](OP(=O)(O)O)O[C@H](CO)[C@H]1O. The predicted molar refractivity (Wildman–Crippen MR) is 121 cm³/mol. The van der Waals surface area contributed by atoms with Crippen molar-refractivity contribution in [3.8, 4) is 0 Å². The lowest BCUT2D eigenvalue weighted by atomic mass is 9.99. The first kappa shape index (κ1) is 29.9. The van der Waals surface area contributed by atoms with Gasteiger partial charge < -0.3 is 34.6 Å². The summed E-state index contributed by atoms with van der Waals surface area (Å²) in [6, 6.07) is 0. The van der Waals surface area contributed by atoms with E-state index in [0.717, 1.165) is 19.3 Å². The second-order valence-corrected chi connectivity index (χ2v) is 9.93. The van der Waals surface area contributed by atoms with Gasteiger partial charge >= 0.3 is 7.82 Å². The summed E-state index contributed by atoms with van der Waals surface area (Å²) in [7, 11) is -4.92. The summed E-state index contributed by atoms with van der Waals surface area (Å²) in [4.78, 5) is 17.9. The maximum atomic E-state index is 11.1. The lowest BCUT2D eigenvalue weighted by Gasteiger charge is -2.41. The number of hydrogen-bond acceptors (Lipinski definition) is 7. The molecule has 32 heavy (non-hydrogen) atoms. The van der Waals surface area contributed by atoms with E-state index in [0.29, 0.717) is 0 Å². The molecule has 0 aromatic carbocycles. The molecule has 0 amide bonds. The van der Waals surface area contributed by atoms with Crippen LogP contribution in [0.1, 0.15) is 96.8 Å². The van der Waals surface area contributed by atoms with Gasteiger partial charge in [-0.3, -0.25) is 4.52 Å². The van der Waals surface area contributed by atoms with E-state index in [4.69, 9.17) is 19.3 Å². The molecule has 0 radical (unpaired) electrons. The minimum atomic E-state index is -4.92. The van der Waals surface area contributed by atoms with Crippen LogP contribution in [-0.2, 0) is 18.6 Å². The zero-order valence-corrected chi connectivity index (χ0v) is 20.4. The van der Waals surface area contributed by atoms with Crippen LogP contribution in [-0.4, -0.2) is 69.0 Å². The Hall–Kier alpha value is -0.0900. The molecule has 0 aromatic rings. The lowest BCUT2D eigenvalue weighted by molar-refractivity contribution is -0.288. The number of unbranched alkanes of at least 4 members (excludes halogenated alkanes) is 13. The van der Waals surface area contributed by atoms with Crippen LogP contribution < -0.4 is 0 Å². The Labute approximate surface area is 192 Å². The molecule has 1 aliphatic rings. The Morgan fingerprint density at radius 2 is 1.25 bits per heavy atom. The van der Waals surface area contributed by atoms with E-state index in [1.54, 1.807) is 0 Å². The van der Waals surface area contributed by atoms with Crippen LogP contribution in [0.25, 0.3) is 0 Å². The first-order chi connectivity index (χ1) is 15.3. The highest BCUT2D eigenvalue weighted by Crippen LogP contribution is 2.41. The van der Waals surface area contributed by atoms with E-state index in [2.05, 4.69) is 11.4 Å². The largest absolute Gasteiger partial charge is 0.472 e. The van der Waals surface area contributed by atoms with E-state index >= 15 is 0 Å². The predicted octanol–water partition coefficient (Wildman–Crippen LogP) is 3.40. The van der Waals surface area contributed by atoms with Gasteiger partial charge in [0.05, 0.1) is 6.61 Å². The van der Waals surface area contributed by atoms with Crippen molar-refractivity contribution < 1.29 is 43.7 Å². The van der Waals surface area contributed by atoms with E-state index in [-0.39, 0.29) is 6.61 Å². The van der Waals surface area contributed by atoms with Crippen LogP contribution in [0, 0.1) is 0 Å². The Morgan fingerprint density at radius 1 is 0.781 bits per heavy atom. The summed E-state index contributed by atoms with van der Waals surface area (Å²) in [5.74, 6) is 0. The van der Waals surface area contributed by atoms with E-state index < -0.39 is 45.1 Å². The summed E-state index contributed by atoms with van der Waals surface area (Å²) < 4.78 is 26.1. The Balaban J connectivity index is 2.11. The van der Waals surface area contributed by atoms with Crippen molar-refractivity contribution in [1.82, 2.24) is 0 Å². The molecule has 1 saturated heterocycles. The van der Waals surface area contributed by atoms with E-state index in [9.17, 15) is 19.9 Å². The molecular formula is C22H45O9P. The second-order valence-electron chi connectivity index (χ2n) is 8.73. The van der Waals surface area contributed by atoms with Crippen molar-refractivity contribution in [3.63, 3.8) is 0 Å². The Bertz CT molecular complexity index is 502. The summed E-state index contributed by atoms with van der Waals surface area (Å²) in [6.07, 6.45) is 10.2. The Morgan fingerprint density at radius 3 is 1.69 bits per heavy atom. The van der Waals surface area contributed by atoms with Gasteiger partial charge in [0, 0.05) is 6.61 Å². The third kappa shape index (κ3) is 13.0. The van der Waals surface area contributed by atoms with Crippen molar-refractivity contribution in [2.45, 2.75) is 128 Å². The third-order valence-corrected chi connectivity index (χ3v) is 6.35. The van der Waals surface area contributed by atoms with Crippen LogP contribution in [0.5, 0.6) is 0 Å². The standard InChI is InChI=1S/C22H45O9P/c1-2-3-4-5-6-7-8-9-10-11-12-13-14-15-16-29-21-19(24)18(17-23)30-22(20(21)25)31-32(26,27)28/h18-25H,2-17H2,1H3,(H2,26,27,28)/t18-,19-,20-,21+,22-/m1/s1. The maximum Gasteiger partial charge on any atom is 0.472 e. The topological polar surface area (TPSA) is 146 Å². The van der Waals surface area contributed by atoms with Gasteiger partial charge in [-0.15, -0.1) is 0 Å². The third-order valence-electron chi connectivity index (χ3n) is 5.87. The average molecular weight is 485 g/mol. The molecule has 9 nitrogen and oxygen atoms in total. The molecule has 1 rings (SSSR count). The number of phosphoric acid groups is 1. The number of phosphoric ester groups is 1. The van der Waals surface area contributed by atoms with Gasteiger partial charge in [0.2, 0.25) is 0 Å². The van der Waals surface area contributed by atoms with Gasteiger partial charge in [0.25, 0.3) is 0 Å². The summed E-state index contributed by atoms with van der Waals surface area (Å²) in [6.45, 7) is 1.91. The molecule has 0 bridgehead atoms. The molecular weight excluding hydrogens is 439 g/mol. The highest BCUT2D eigenvalue weighted by atomic mass is 31.2. The van der Waals surface area contributed by atoms with Crippen LogP contribution in [0.3, 0.4) is 0 Å². The normalized spacial score (nSPS) is 26.5. The molecule has 10 heteroatoms. The molecule has 0 unspecified atom stereocenters. The van der Waals surface area contributed by atoms with Gasteiger partial charge in [0.1, 0.15) is 24.4 Å². The first-order valence-corrected chi connectivity index (χ1v) is 13.8. The smallest absolute Gasteiger partial charge is 0.394 e. The summed E-state index contributed by atoms with van der Waals surface area (Å²) in [5, 5.41) is 29.8. The number of hydrogen-bond donors (Lipinski definition) is 5. The van der Waals surface area contributed by atoms with Gasteiger partial charge in [-0.05, 0) is 6.42 Å². The van der Waals surface area contributed by atoms with Crippen LogP contribution >= 0.6 is 7.82 Å². The minimum absolute atomic E-state index is 0.275. The minimum Gasteiger partial charge on any atom is -0.394 e. The van der Waals surface area contributed by atoms with Crippen molar-refractivity contribution in [3.05, 3.63) is 0 Å². The number of aliphatic hydroxyl groups is 3. The number of rotatable bonds is 19. The molecule has 1 heterocycles. The average Bonchev–Trinajstić information content (AvgIpc) is 2.74. The second kappa shape index (κ2) is 17.4. The van der Waals surface area contributed by atoms with Crippen LogP contribution in [0.15, 0.2) is 0 Å². The van der Waals surface area contributed by atoms with Gasteiger partial charge in [0.15, 0.2) is 6.29 Å². The number of ether oxygens (including phenoxy) is 2. The molecule has 0 saturated carbocycles. The van der Waals surface area contributed by atoms with Gasteiger partial charge in [-0.1, -0.05) is 90.4 Å². The van der Waals surface area contributed by atoms with Gasteiger partial charge in [-0.2, -0.15) is 0 Å². The van der Waals surface area contributed by atoms with Crippen molar-refractivity contribution >= 4 is 7.82 Å². The lowest BCUT2D eigenvalue weighted by Crippen LogP contribution is -2.59. The number of aliphatic hydroxyl groups excluding tert-OH is 3. The molecule has 192 valence electrons. The van der Waals surface area contributed by atoms with Gasteiger partial charge in [-0.25, -0.2) is 4.57 Å². The highest BCUT2D eigenvalue weighted by molar-refractivity contribution is 7.46. The first-order valence-electron chi connectivity index (χ1n) is 12.3. The van der Waals surface area contributed by atoms with E-state index in [1.165, 1.54) is 70.6 Å². The molecule has 0 aliphatic carbocycles. The quantitative estimate of drug-likeness (QED) is 0.137. The molecule has 0 aromatic heterocycles. The zero-order chi connectivity index (χ0) is 23.8. The summed E-state index contributed by atoms with van der Waals surface area (Å²) >= 11 is 0.